The molecule has 1 radical (unpaired) electrons. The molecule has 12 heavy (non-hydrogen) atoms. The third-order valence-corrected chi connectivity index (χ3v) is 4.87. The van der Waals surface area contributed by atoms with Gasteiger partial charge in [0, 0.05) is 29.6 Å². The zero-order valence-corrected chi connectivity index (χ0v) is 10.2. The minimum atomic E-state index is -5.20. The first kappa shape index (κ1) is 15.7. The van der Waals surface area contributed by atoms with Gasteiger partial charge in [0.1, 0.15) is 0 Å². The largest absolute Gasteiger partial charge is 0.369 e. The Morgan fingerprint density at radius 1 is 1.00 bits per heavy atom. The van der Waals surface area contributed by atoms with Gasteiger partial charge >= 0.3 is 15.2 Å². The van der Waals surface area contributed by atoms with E-state index in [1.165, 1.54) is 0 Å². The van der Waals surface area contributed by atoms with Crippen molar-refractivity contribution in [2.45, 2.75) is 12.0 Å². The molecular formula is C2H8NaO7P2. The fourth-order valence-electron chi connectivity index (χ4n) is 0.170. The van der Waals surface area contributed by atoms with Crippen molar-refractivity contribution in [3.63, 3.8) is 0 Å². The van der Waals surface area contributed by atoms with Crippen LogP contribution in [0, 0.1) is 0 Å². The van der Waals surface area contributed by atoms with E-state index in [1.807, 2.05) is 0 Å². The van der Waals surface area contributed by atoms with Gasteiger partial charge in [-0.2, -0.15) is 0 Å². The van der Waals surface area contributed by atoms with Crippen LogP contribution in [0.15, 0.2) is 0 Å². The van der Waals surface area contributed by atoms with Gasteiger partial charge in [0.25, 0.3) is 5.08 Å². The van der Waals surface area contributed by atoms with Crippen LogP contribution in [0.25, 0.3) is 0 Å². The van der Waals surface area contributed by atoms with Crippen molar-refractivity contribution in [3.05, 3.63) is 0 Å². The SMILES string of the molecule is CC(O)(P(=O)(O)O)P(=O)(O)O.[Na]. The monoisotopic (exact) mass is 229 g/mol. The van der Waals surface area contributed by atoms with E-state index in [-0.39, 0.29) is 29.6 Å². The quantitative estimate of drug-likeness (QED) is 0.291. The zero-order valence-electron chi connectivity index (χ0n) is 6.45. The number of rotatable bonds is 2. The molecule has 0 unspecified atom stereocenters. The average molecular weight is 229 g/mol. The maximum absolute atomic E-state index is 10.3. The second-order valence-electron chi connectivity index (χ2n) is 2.06. The molecule has 0 spiro atoms. The van der Waals surface area contributed by atoms with E-state index >= 15 is 0 Å². The van der Waals surface area contributed by atoms with Gasteiger partial charge in [-0.3, -0.25) is 9.13 Å². The first-order valence-electron chi connectivity index (χ1n) is 2.34. The Hall–Kier alpha value is 1.26. The molecule has 0 aliphatic carbocycles. The Kier molecular flexibility index (Phi) is 5.49. The molecule has 5 N–H and O–H groups in total. The van der Waals surface area contributed by atoms with E-state index in [4.69, 9.17) is 24.7 Å². The third kappa shape index (κ3) is 3.20. The van der Waals surface area contributed by atoms with Crippen molar-refractivity contribution in [2.24, 2.45) is 0 Å². The van der Waals surface area contributed by atoms with Crippen molar-refractivity contribution in [1.82, 2.24) is 0 Å². The van der Waals surface area contributed by atoms with Gasteiger partial charge in [0.15, 0.2) is 0 Å². The summed E-state index contributed by atoms with van der Waals surface area (Å²) in [7, 11) is -10.4. The van der Waals surface area contributed by atoms with Gasteiger partial charge in [0.2, 0.25) is 0 Å². The van der Waals surface area contributed by atoms with Crippen LogP contribution in [0.2, 0.25) is 0 Å². The van der Waals surface area contributed by atoms with Crippen LogP contribution in [0.3, 0.4) is 0 Å². The van der Waals surface area contributed by atoms with E-state index in [2.05, 4.69) is 0 Å². The molecule has 0 saturated carbocycles. The van der Waals surface area contributed by atoms with E-state index in [9.17, 15) is 9.13 Å². The smallest absolute Gasteiger partial charge is 0.368 e. The summed E-state index contributed by atoms with van der Waals surface area (Å²) in [4.78, 5) is 33.0. The molecule has 7 nitrogen and oxygen atoms in total. The molecule has 0 saturated heterocycles. The van der Waals surface area contributed by atoms with Gasteiger partial charge in [-0.1, -0.05) is 0 Å². The Labute approximate surface area is 90.4 Å². The van der Waals surface area contributed by atoms with Gasteiger partial charge in [-0.05, 0) is 6.92 Å². The summed E-state index contributed by atoms with van der Waals surface area (Å²) >= 11 is 0. The van der Waals surface area contributed by atoms with Crippen LogP contribution in [0.1, 0.15) is 6.92 Å². The molecule has 69 valence electrons. The average Bonchev–Trinajstić information content (AvgIpc) is 1.58. The molecule has 0 fully saturated rings. The summed E-state index contributed by atoms with van der Waals surface area (Å²) in [5, 5.41) is 5.37. The molecule has 0 atom stereocenters. The fourth-order valence-corrected chi connectivity index (χ4v) is 1.53. The van der Waals surface area contributed by atoms with Crippen LogP contribution in [0.5, 0.6) is 0 Å². The van der Waals surface area contributed by atoms with Crippen LogP contribution in [-0.4, -0.2) is 59.3 Å². The predicted molar refractivity (Wildman–Crippen MR) is 40.5 cm³/mol. The van der Waals surface area contributed by atoms with Gasteiger partial charge in [0.05, 0.1) is 0 Å². The van der Waals surface area contributed by atoms with Crippen LogP contribution < -0.4 is 0 Å². The molecule has 10 heteroatoms. The van der Waals surface area contributed by atoms with E-state index in [0.29, 0.717) is 6.92 Å². The molecule has 0 aliphatic heterocycles. The maximum atomic E-state index is 10.3. The van der Waals surface area contributed by atoms with E-state index in [0.717, 1.165) is 0 Å². The first-order valence-corrected chi connectivity index (χ1v) is 5.56. The summed E-state index contributed by atoms with van der Waals surface area (Å²) < 4.78 is 20.5. The fraction of sp³-hybridized carbons (Fsp3) is 1.00. The van der Waals surface area contributed by atoms with Crippen molar-refractivity contribution in [2.75, 3.05) is 0 Å². The molecule has 0 rings (SSSR count). The topological polar surface area (TPSA) is 135 Å². The molecule has 0 bridgehead atoms. The summed E-state index contributed by atoms with van der Waals surface area (Å²) in [6.07, 6.45) is 0. The third-order valence-electron chi connectivity index (χ3n) is 1.10. The second-order valence-corrected chi connectivity index (χ2v) is 6.33. The summed E-state index contributed by atoms with van der Waals surface area (Å²) in [6, 6.07) is 0. The minimum Gasteiger partial charge on any atom is -0.368 e. The predicted octanol–water partition coefficient (Wildman–Crippen LogP) is -1.37. The molecule has 0 aromatic rings. The number of aliphatic hydroxyl groups is 1. The molecular weight excluding hydrogens is 221 g/mol. The van der Waals surface area contributed by atoms with Crippen molar-refractivity contribution in [1.29, 1.82) is 0 Å². The molecule has 0 aromatic heterocycles. The van der Waals surface area contributed by atoms with Crippen molar-refractivity contribution >= 4 is 44.7 Å². The molecule has 0 heterocycles. The standard InChI is InChI=1S/C2H8O7P2.Na/c1-2(3,10(4,5)6)11(7,8)9;/h3H,1H3,(H2,4,5,6)(H2,7,8,9);. The molecule has 0 amide bonds. The summed E-state index contributed by atoms with van der Waals surface area (Å²) in [5.74, 6) is 0. The Morgan fingerprint density at radius 3 is 1.17 bits per heavy atom. The number of hydrogen-bond acceptors (Lipinski definition) is 3. The van der Waals surface area contributed by atoms with Gasteiger partial charge < -0.3 is 24.7 Å². The Bertz CT molecular complexity index is 212. The van der Waals surface area contributed by atoms with Crippen LogP contribution >= 0.6 is 15.2 Å². The Balaban J connectivity index is 0. The van der Waals surface area contributed by atoms with Crippen LogP contribution in [-0.2, 0) is 9.13 Å². The van der Waals surface area contributed by atoms with Crippen molar-refractivity contribution in [3.8, 4) is 0 Å². The van der Waals surface area contributed by atoms with E-state index in [1.54, 1.807) is 0 Å². The van der Waals surface area contributed by atoms with Crippen molar-refractivity contribution < 1.29 is 33.8 Å². The first-order chi connectivity index (χ1) is 4.50. The molecule has 0 aromatic carbocycles. The second kappa shape index (κ2) is 4.19. The minimum absolute atomic E-state index is 0. The Morgan fingerprint density at radius 2 is 1.17 bits per heavy atom. The van der Waals surface area contributed by atoms with Gasteiger partial charge in [-0.15, -0.1) is 0 Å². The van der Waals surface area contributed by atoms with E-state index < -0.39 is 20.3 Å². The normalized spacial score (nSPS) is 13.8. The van der Waals surface area contributed by atoms with Crippen LogP contribution in [0.4, 0.5) is 0 Å². The summed E-state index contributed by atoms with van der Waals surface area (Å²) in [5.41, 5.74) is 0. The zero-order chi connectivity index (χ0) is 9.50. The summed E-state index contributed by atoms with van der Waals surface area (Å²) in [6.45, 7) is 0.383. The number of hydrogen-bond donors (Lipinski definition) is 5. The van der Waals surface area contributed by atoms with Gasteiger partial charge in [-0.25, -0.2) is 0 Å². The maximum Gasteiger partial charge on any atom is 0.369 e. The molecule has 0 aliphatic rings.